The number of oxime groups is 1. The molecule has 68 valence electrons. The summed E-state index contributed by atoms with van der Waals surface area (Å²) < 4.78 is 16.1. The average Bonchev–Trinajstić information content (AvgIpc) is 1.99. The van der Waals surface area contributed by atoms with Crippen LogP contribution in [0.15, 0.2) is 5.16 Å². The summed E-state index contributed by atoms with van der Waals surface area (Å²) in [6, 6.07) is 0. The van der Waals surface area contributed by atoms with Crippen LogP contribution in [-0.4, -0.2) is 29.5 Å². The molecular formula is C6H8FNO4. The molecule has 0 aliphatic heterocycles. The van der Waals surface area contributed by atoms with Crippen LogP contribution in [-0.2, 0) is 14.3 Å². The van der Waals surface area contributed by atoms with Crippen molar-refractivity contribution in [3.05, 3.63) is 0 Å². The highest BCUT2D eigenvalue weighted by atomic mass is 19.1. The summed E-state index contributed by atoms with van der Waals surface area (Å²) in [6.07, 6.45) is -0.404. The molecule has 12 heavy (non-hydrogen) atoms. The minimum absolute atomic E-state index is 0.374. The van der Waals surface area contributed by atoms with Crippen molar-refractivity contribution < 1.29 is 23.9 Å². The Labute approximate surface area is 67.8 Å². The van der Waals surface area contributed by atoms with Gasteiger partial charge >= 0.3 is 5.97 Å². The molecule has 0 radical (unpaired) electrons. The van der Waals surface area contributed by atoms with Crippen molar-refractivity contribution >= 4 is 17.7 Å². The molecule has 1 N–H and O–H groups in total. The molecule has 5 nitrogen and oxygen atoms in total. The first-order chi connectivity index (χ1) is 5.56. The van der Waals surface area contributed by atoms with Gasteiger partial charge in [0.05, 0.1) is 0 Å². The van der Waals surface area contributed by atoms with Crippen LogP contribution >= 0.6 is 0 Å². The molecule has 0 bridgehead atoms. The van der Waals surface area contributed by atoms with E-state index in [4.69, 9.17) is 5.21 Å². The average molecular weight is 177 g/mol. The van der Waals surface area contributed by atoms with E-state index in [0.29, 0.717) is 0 Å². The molecule has 0 aliphatic carbocycles. The lowest BCUT2D eigenvalue weighted by atomic mass is 10.3. The van der Waals surface area contributed by atoms with Crippen molar-refractivity contribution in [2.45, 2.75) is 13.3 Å². The highest BCUT2D eigenvalue weighted by Crippen LogP contribution is 1.89. The quantitative estimate of drug-likeness (QED) is 0.220. The topological polar surface area (TPSA) is 76.0 Å². The summed E-state index contributed by atoms with van der Waals surface area (Å²) in [7, 11) is 0. The summed E-state index contributed by atoms with van der Waals surface area (Å²) in [5, 5.41) is 9.91. The van der Waals surface area contributed by atoms with Crippen LogP contribution in [0.4, 0.5) is 4.39 Å². The van der Waals surface area contributed by atoms with E-state index >= 15 is 0 Å². The maximum atomic E-state index is 12.0. The molecule has 0 aromatic heterocycles. The van der Waals surface area contributed by atoms with Crippen LogP contribution in [0.3, 0.4) is 0 Å². The first-order valence-electron chi connectivity index (χ1n) is 3.07. The van der Waals surface area contributed by atoms with Crippen LogP contribution in [0.1, 0.15) is 13.3 Å². The lowest BCUT2D eigenvalue weighted by Crippen LogP contribution is -2.13. The van der Waals surface area contributed by atoms with Gasteiger partial charge in [0, 0.05) is 0 Å². The summed E-state index contributed by atoms with van der Waals surface area (Å²) in [5.74, 6) is -2.44. The number of Topliss-reactive ketones (excluding diaryl/α,β-unsaturated/α-hetero) is 1. The zero-order valence-electron chi connectivity index (χ0n) is 6.41. The Balaban J connectivity index is 3.65. The van der Waals surface area contributed by atoms with Crippen LogP contribution in [0.2, 0.25) is 0 Å². The van der Waals surface area contributed by atoms with Gasteiger partial charge in [-0.3, -0.25) is 9.59 Å². The molecule has 0 heterocycles. The van der Waals surface area contributed by atoms with Gasteiger partial charge in [-0.05, 0) is 6.92 Å². The number of hydrogen-bond donors (Lipinski definition) is 1. The van der Waals surface area contributed by atoms with Crippen molar-refractivity contribution in [2.75, 3.05) is 6.61 Å². The zero-order valence-corrected chi connectivity index (χ0v) is 6.41. The summed E-state index contributed by atoms with van der Waals surface area (Å²) in [5.41, 5.74) is 0. The summed E-state index contributed by atoms with van der Waals surface area (Å²) in [6.45, 7) is 0.459. The highest BCUT2D eigenvalue weighted by Gasteiger charge is 2.07. The number of carbonyl (C=O) groups is 2. The van der Waals surface area contributed by atoms with Crippen LogP contribution < -0.4 is 0 Å². The molecule has 0 saturated carbocycles. The van der Waals surface area contributed by atoms with E-state index in [1.54, 1.807) is 0 Å². The summed E-state index contributed by atoms with van der Waals surface area (Å²) in [4.78, 5) is 20.8. The Morgan fingerprint density at radius 3 is 2.58 bits per heavy atom. The molecule has 0 spiro atoms. The smallest absolute Gasteiger partial charge is 0.313 e. The van der Waals surface area contributed by atoms with Gasteiger partial charge < -0.3 is 9.94 Å². The molecule has 6 heteroatoms. The summed E-state index contributed by atoms with van der Waals surface area (Å²) >= 11 is 0. The number of esters is 1. The fourth-order valence-corrected chi connectivity index (χ4v) is 0.423. The van der Waals surface area contributed by atoms with Crippen LogP contribution in [0.25, 0.3) is 0 Å². The second-order valence-corrected chi connectivity index (χ2v) is 2.02. The fourth-order valence-electron chi connectivity index (χ4n) is 0.423. The molecule has 0 rings (SSSR count). The number of nitrogens with zero attached hydrogens (tertiary/aromatic N) is 1. The van der Waals surface area contributed by atoms with Crippen molar-refractivity contribution in [3.63, 3.8) is 0 Å². The van der Waals surface area contributed by atoms with E-state index in [1.807, 2.05) is 0 Å². The highest BCUT2D eigenvalue weighted by molar-refractivity contribution is 5.94. The van der Waals surface area contributed by atoms with Gasteiger partial charge in [0.2, 0.25) is 0 Å². The van der Waals surface area contributed by atoms with Gasteiger partial charge in [0.25, 0.3) is 5.97 Å². The third-order valence-corrected chi connectivity index (χ3v) is 0.854. The van der Waals surface area contributed by atoms with Crippen molar-refractivity contribution in [2.24, 2.45) is 5.16 Å². The molecule has 0 amide bonds. The number of ether oxygens (including phenoxy) is 1. The van der Waals surface area contributed by atoms with E-state index in [9.17, 15) is 14.0 Å². The molecule has 0 unspecified atom stereocenters. The van der Waals surface area contributed by atoms with Crippen molar-refractivity contribution in [1.82, 2.24) is 0 Å². The number of carbonyl (C=O) groups excluding carboxylic acids is 2. The van der Waals surface area contributed by atoms with E-state index in [-0.39, 0.29) is 5.78 Å². The van der Waals surface area contributed by atoms with Gasteiger partial charge in [-0.1, -0.05) is 5.16 Å². The number of halogens is 1. The van der Waals surface area contributed by atoms with Gasteiger partial charge in [-0.15, -0.1) is 0 Å². The third kappa shape index (κ3) is 5.33. The van der Waals surface area contributed by atoms with Crippen molar-refractivity contribution in [3.8, 4) is 0 Å². The standard InChI is InChI=1S/C6H8FNO4/c1-4(9)2-6(10)12-3-5(7)8-11/h11H,2-3H2,1H3. The largest absolute Gasteiger partial charge is 0.456 e. The molecule has 0 atom stereocenters. The van der Waals surface area contributed by atoms with Gasteiger partial charge in [0.15, 0.2) is 6.61 Å². The molecule has 0 aliphatic rings. The Hall–Kier alpha value is -1.46. The predicted octanol–water partition coefficient (Wildman–Crippen LogP) is 0.266. The van der Waals surface area contributed by atoms with Gasteiger partial charge in [0.1, 0.15) is 12.2 Å². The molecular weight excluding hydrogens is 169 g/mol. The maximum Gasteiger partial charge on any atom is 0.313 e. The van der Waals surface area contributed by atoms with E-state index in [0.717, 1.165) is 0 Å². The lowest BCUT2D eigenvalue weighted by molar-refractivity contribution is -0.144. The second kappa shape index (κ2) is 5.22. The van der Waals surface area contributed by atoms with Crippen LogP contribution in [0, 0.1) is 0 Å². The number of ketones is 1. The minimum atomic E-state index is -1.22. The van der Waals surface area contributed by atoms with Crippen LogP contribution in [0.5, 0.6) is 0 Å². The Morgan fingerprint density at radius 2 is 2.17 bits per heavy atom. The monoisotopic (exact) mass is 177 g/mol. The molecule has 0 aromatic carbocycles. The number of rotatable bonds is 4. The molecule has 0 saturated heterocycles. The lowest BCUT2D eigenvalue weighted by Gasteiger charge is -1.98. The predicted molar refractivity (Wildman–Crippen MR) is 36.6 cm³/mol. The third-order valence-electron chi connectivity index (χ3n) is 0.854. The SMILES string of the molecule is CC(=O)CC(=O)OCC(F)=NO. The molecule has 0 aromatic rings. The first-order valence-corrected chi connectivity index (χ1v) is 3.07. The van der Waals surface area contributed by atoms with Crippen molar-refractivity contribution in [1.29, 1.82) is 0 Å². The normalized spacial score (nSPS) is 11.0. The Bertz CT molecular complexity index is 214. The van der Waals surface area contributed by atoms with E-state index < -0.39 is 25.0 Å². The molecule has 0 fully saturated rings. The van der Waals surface area contributed by atoms with Gasteiger partial charge in [-0.2, -0.15) is 4.39 Å². The zero-order chi connectivity index (χ0) is 9.56. The first kappa shape index (κ1) is 10.5. The van der Waals surface area contributed by atoms with E-state index in [1.165, 1.54) is 6.92 Å². The fraction of sp³-hybridized carbons (Fsp3) is 0.500. The maximum absolute atomic E-state index is 12.0. The Morgan fingerprint density at radius 1 is 1.58 bits per heavy atom. The number of hydrogen-bond acceptors (Lipinski definition) is 5. The minimum Gasteiger partial charge on any atom is -0.456 e. The van der Waals surface area contributed by atoms with Gasteiger partial charge in [-0.25, -0.2) is 0 Å². The Kier molecular flexibility index (Phi) is 4.59. The van der Waals surface area contributed by atoms with E-state index in [2.05, 4.69) is 9.89 Å². The second-order valence-electron chi connectivity index (χ2n) is 2.02.